The van der Waals surface area contributed by atoms with Crippen LogP contribution in [0.25, 0.3) is 0 Å². The molecule has 0 radical (unpaired) electrons. The minimum absolute atomic E-state index is 0.410. The highest BCUT2D eigenvalue weighted by molar-refractivity contribution is 5.68. The van der Waals surface area contributed by atoms with Crippen LogP contribution in [-0.4, -0.2) is 18.2 Å². The predicted octanol–water partition coefficient (Wildman–Crippen LogP) is 4.36. The summed E-state index contributed by atoms with van der Waals surface area (Å²) in [6, 6.07) is 0. The second kappa shape index (κ2) is 12.9. The van der Waals surface area contributed by atoms with Gasteiger partial charge in [0.2, 0.25) is 6.29 Å². The summed E-state index contributed by atoms with van der Waals surface area (Å²) in [5.41, 5.74) is 0. The number of carbonyl (C=O) groups is 2. The van der Waals surface area contributed by atoms with Gasteiger partial charge in [-0.3, -0.25) is 9.59 Å². The maximum absolute atomic E-state index is 10.9. The molecule has 0 amide bonds. The molecule has 0 unspecified atom stereocenters. The minimum atomic E-state index is -0.713. The molecule has 0 aromatic carbocycles. The second-order valence-corrected chi connectivity index (χ2v) is 5.27. The van der Waals surface area contributed by atoms with Gasteiger partial charge < -0.3 is 9.47 Å². The molecule has 0 aromatic heterocycles. The average Bonchev–Trinajstić information content (AvgIpc) is 2.35. The number of hydrogen-bond donors (Lipinski definition) is 0. The van der Waals surface area contributed by atoms with E-state index in [9.17, 15) is 9.59 Å². The zero-order valence-corrected chi connectivity index (χ0v) is 13.3. The molecular formula is C16H30O4. The van der Waals surface area contributed by atoms with Gasteiger partial charge in [0.05, 0.1) is 0 Å². The molecule has 0 aliphatic carbocycles. The Balaban J connectivity index is 3.53. The molecule has 0 aliphatic heterocycles. The van der Waals surface area contributed by atoms with E-state index in [2.05, 4.69) is 6.92 Å². The summed E-state index contributed by atoms with van der Waals surface area (Å²) in [7, 11) is 0. The first kappa shape index (κ1) is 18.9. The number of esters is 2. The van der Waals surface area contributed by atoms with Crippen molar-refractivity contribution < 1.29 is 19.1 Å². The number of carbonyl (C=O) groups excluding carboxylic acids is 2. The van der Waals surface area contributed by atoms with Crippen molar-refractivity contribution in [3.05, 3.63) is 0 Å². The van der Waals surface area contributed by atoms with Crippen molar-refractivity contribution in [2.45, 2.75) is 91.3 Å². The third-order valence-corrected chi connectivity index (χ3v) is 3.14. The van der Waals surface area contributed by atoms with Gasteiger partial charge in [-0.05, 0) is 6.42 Å². The number of ether oxygens (including phenoxy) is 2. The summed E-state index contributed by atoms with van der Waals surface area (Å²) in [5.74, 6) is -0.820. The molecule has 0 fully saturated rings. The third kappa shape index (κ3) is 13.4. The first-order chi connectivity index (χ1) is 9.56. The van der Waals surface area contributed by atoms with Crippen molar-refractivity contribution in [1.82, 2.24) is 0 Å². The summed E-state index contributed by atoms with van der Waals surface area (Å²) >= 11 is 0. The van der Waals surface area contributed by atoms with Crippen molar-refractivity contribution in [2.24, 2.45) is 0 Å². The van der Waals surface area contributed by atoms with Crippen LogP contribution < -0.4 is 0 Å². The SMILES string of the molecule is CCCCCCCCCCCC(OC(C)=O)OC(C)=O. The van der Waals surface area contributed by atoms with Crippen LogP contribution in [0.15, 0.2) is 0 Å². The van der Waals surface area contributed by atoms with Crippen molar-refractivity contribution in [3.63, 3.8) is 0 Å². The van der Waals surface area contributed by atoms with Crippen molar-refractivity contribution in [1.29, 1.82) is 0 Å². The van der Waals surface area contributed by atoms with E-state index >= 15 is 0 Å². The molecular weight excluding hydrogens is 256 g/mol. The molecule has 0 saturated carbocycles. The van der Waals surface area contributed by atoms with Crippen LogP contribution in [0.1, 0.15) is 85.0 Å². The van der Waals surface area contributed by atoms with Crippen molar-refractivity contribution in [2.75, 3.05) is 0 Å². The summed E-state index contributed by atoms with van der Waals surface area (Å²) in [4.78, 5) is 21.8. The number of rotatable bonds is 12. The molecule has 0 saturated heterocycles. The Kier molecular flexibility index (Phi) is 12.3. The average molecular weight is 286 g/mol. The molecule has 0 aromatic rings. The van der Waals surface area contributed by atoms with Crippen LogP contribution >= 0.6 is 0 Å². The Hall–Kier alpha value is -1.06. The molecule has 118 valence electrons. The maximum atomic E-state index is 10.9. The number of hydrogen-bond acceptors (Lipinski definition) is 4. The fraction of sp³-hybridized carbons (Fsp3) is 0.875. The van der Waals surface area contributed by atoms with Crippen LogP contribution in [-0.2, 0) is 19.1 Å². The molecule has 0 N–H and O–H groups in total. The van der Waals surface area contributed by atoms with Gasteiger partial charge in [-0.25, -0.2) is 0 Å². The van der Waals surface area contributed by atoms with Gasteiger partial charge in [0.25, 0.3) is 0 Å². The van der Waals surface area contributed by atoms with E-state index in [1.807, 2.05) is 0 Å². The van der Waals surface area contributed by atoms with Crippen LogP contribution in [0.3, 0.4) is 0 Å². The summed E-state index contributed by atoms with van der Waals surface area (Å²) in [6.45, 7) is 4.88. The molecule has 0 aliphatic rings. The lowest BCUT2D eigenvalue weighted by Gasteiger charge is -2.16. The van der Waals surface area contributed by atoms with Gasteiger partial charge in [0.1, 0.15) is 0 Å². The highest BCUT2D eigenvalue weighted by Crippen LogP contribution is 2.13. The minimum Gasteiger partial charge on any atom is -0.425 e. The van der Waals surface area contributed by atoms with Crippen LogP contribution in [0, 0.1) is 0 Å². The van der Waals surface area contributed by atoms with Crippen molar-refractivity contribution in [3.8, 4) is 0 Å². The summed E-state index contributed by atoms with van der Waals surface area (Å²) in [5, 5.41) is 0. The molecule has 20 heavy (non-hydrogen) atoms. The lowest BCUT2D eigenvalue weighted by Crippen LogP contribution is -2.22. The standard InChI is InChI=1S/C16H30O4/c1-4-5-6-7-8-9-10-11-12-13-16(19-14(2)17)20-15(3)18/h16H,4-13H2,1-3H3. The van der Waals surface area contributed by atoms with E-state index in [0.29, 0.717) is 6.42 Å². The Morgan fingerprint density at radius 1 is 0.750 bits per heavy atom. The smallest absolute Gasteiger partial charge is 0.305 e. The quantitative estimate of drug-likeness (QED) is 0.304. The molecule has 0 bridgehead atoms. The van der Waals surface area contributed by atoms with Crippen LogP contribution in [0.5, 0.6) is 0 Å². The fourth-order valence-electron chi connectivity index (χ4n) is 2.13. The lowest BCUT2D eigenvalue weighted by molar-refractivity contribution is -0.185. The summed E-state index contributed by atoms with van der Waals surface area (Å²) in [6.07, 6.45) is 10.9. The Labute approximate surface area is 123 Å². The van der Waals surface area contributed by atoms with E-state index in [-0.39, 0.29) is 0 Å². The third-order valence-electron chi connectivity index (χ3n) is 3.14. The van der Waals surface area contributed by atoms with E-state index in [1.54, 1.807) is 0 Å². The highest BCUT2D eigenvalue weighted by atomic mass is 16.7. The van der Waals surface area contributed by atoms with E-state index in [1.165, 1.54) is 58.8 Å². The maximum Gasteiger partial charge on any atom is 0.305 e. The molecule has 0 rings (SSSR count). The molecule has 0 spiro atoms. The normalized spacial score (nSPS) is 10.6. The molecule has 0 heterocycles. The zero-order valence-electron chi connectivity index (χ0n) is 13.3. The van der Waals surface area contributed by atoms with Gasteiger partial charge in [-0.2, -0.15) is 0 Å². The van der Waals surface area contributed by atoms with E-state index in [4.69, 9.17) is 9.47 Å². The lowest BCUT2D eigenvalue weighted by atomic mass is 10.1. The monoisotopic (exact) mass is 286 g/mol. The van der Waals surface area contributed by atoms with Gasteiger partial charge in [0, 0.05) is 20.3 Å². The van der Waals surface area contributed by atoms with Gasteiger partial charge >= 0.3 is 11.9 Å². The van der Waals surface area contributed by atoms with Gasteiger partial charge in [-0.1, -0.05) is 58.3 Å². The van der Waals surface area contributed by atoms with Crippen LogP contribution in [0.2, 0.25) is 0 Å². The predicted molar refractivity (Wildman–Crippen MR) is 79.2 cm³/mol. The Bertz CT molecular complexity index is 247. The van der Waals surface area contributed by atoms with Gasteiger partial charge in [-0.15, -0.1) is 0 Å². The fourth-order valence-corrected chi connectivity index (χ4v) is 2.13. The number of unbranched alkanes of at least 4 members (excludes halogenated alkanes) is 8. The molecule has 0 atom stereocenters. The van der Waals surface area contributed by atoms with Crippen molar-refractivity contribution >= 4 is 11.9 Å². The molecule has 4 nitrogen and oxygen atoms in total. The topological polar surface area (TPSA) is 52.6 Å². The van der Waals surface area contributed by atoms with Crippen LogP contribution in [0.4, 0.5) is 0 Å². The first-order valence-electron chi connectivity index (χ1n) is 7.90. The van der Waals surface area contributed by atoms with Gasteiger partial charge in [0.15, 0.2) is 0 Å². The largest absolute Gasteiger partial charge is 0.425 e. The second-order valence-electron chi connectivity index (χ2n) is 5.27. The highest BCUT2D eigenvalue weighted by Gasteiger charge is 2.14. The summed E-state index contributed by atoms with van der Waals surface area (Å²) < 4.78 is 9.90. The zero-order chi connectivity index (χ0) is 15.2. The van der Waals surface area contributed by atoms with E-state index in [0.717, 1.165) is 12.8 Å². The first-order valence-corrected chi connectivity index (χ1v) is 7.90. The Morgan fingerprint density at radius 3 is 1.55 bits per heavy atom. The Morgan fingerprint density at radius 2 is 1.15 bits per heavy atom. The van der Waals surface area contributed by atoms with E-state index < -0.39 is 18.2 Å². The molecule has 4 heteroatoms.